The molecule has 0 aromatic carbocycles. The monoisotopic (exact) mass is 435 g/mol. The van der Waals surface area contributed by atoms with E-state index < -0.39 is 0 Å². The van der Waals surface area contributed by atoms with E-state index in [1.807, 2.05) is 4.90 Å². The number of pyridine rings is 2. The van der Waals surface area contributed by atoms with Crippen LogP contribution in [0.3, 0.4) is 0 Å². The van der Waals surface area contributed by atoms with Gasteiger partial charge in [-0.25, -0.2) is 4.79 Å². The molecular weight excluding hydrogens is 406 g/mol. The summed E-state index contributed by atoms with van der Waals surface area (Å²) in [6.07, 6.45) is 9.75. The summed E-state index contributed by atoms with van der Waals surface area (Å²) in [5.41, 5.74) is 1.86. The fourth-order valence-corrected chi connectivity index (χ4v) is 5.49. The predicted molar refractivity (Wildman–Crippen MR) is 121 cm³/mol. The van der Waals surface area contributed by atoms with Gasteiger partial charge in [-0.1, -0.05) is 19.3 Å². The number of aromatic nitrogens is 2. The molecular formula is C24H29N5O3. The Bertz CT molecular complexity index is 1060. The van der Waals surface area contributed by atoms with Crippen LogP contribution >= 0.6 is 0 Å². The van der Waals surface area contributed by atoms with Gasteiger partial charge in [0.15, 0.2) is 0 Å². The number of amides is 3. The number of likely N-dealkylation sites (tertiary alicyclic amines) is 1. The highest BCUT2D eigenvalue weighted by Gasteiger charge is 2.38. The molecule has 2 aliphatic heterocycles. The molecule has 32 heavy (non-hydrogen) atoms. The van der Waals surface area contributed by atoms with Gasteiger partial charge in [0.2, 0.25) is 0 Å². The Morgan fingerprint density at radius 3 is 2.66 bits per heavy atom. The van der Waals surface area contributed by atoms with Gasteiger partial charge in [0, 0.05) is 55.7 Å². The number of carbonyl (C=O) groups is 2. The van der Waals surface area contributed by atoms with E-state index in [9.17, 15) is 14.4 Å². The maximum Gasteiger partial charge on any atom is 0.317 e. The van der Waals surface area contributed by atoms with Crippen LogP contribution in [0.4, 0.5) is 10.5 Å². The van der Waals surface area contributed by atoms with E-state index in [-0.39, 0.29) is 35.4 Å². The Morgan fingerprint density at radius 1 is 1.03 bits per heavy atom. The number of rotatable bonds is 3. The fraction of sp³-hybridized carbons (Fsp3) is 0.500. The maximum atomic E-state index is 13.0. The number of hydrogen-bond acceptors (Lipinski definition) is 4. The standard InChI is InChI=1S/C24H29N5O3/c30-21-9-8-20(27-23(31)17-5-4-10-25-12-17)22-18-11-16(14-29(21)22)13-28(15-18)24(32)26-19-6-2-1-3-7-19/h4-5,8-10,12,16,18-19H,1-3,6-7,11,13-15H2,(H,26,32)(H,27,31)/t16-,18+/m0/s1. The average molecular weight is 436 g/mol. The van der Waals surface area contributed by atoms with E-state index >= 15 is 0 Å². The Morgan fingerprint density at radius 2 is 1.88 bits per heavy atom. The van der Waals surface area contributed by atoms with Crippen LogP contribution in [-0.4, -0.2) is 45.5 Å². The third-order valence-corrected chi connectivity index (χ3v) is 6.98. The SMILES string of the molecule is O=C(Nc1ccc(=O)n2c1[C@@H]1C[C@@H](CN(C(=O)NC3CCCCC3)C1)C2)c1cccnc1. The molecule has 3 aliphatic rings. The van der Waals surface area contributed by atoms with E-state index in [4.69, 9.17) is 0 Å². The van der Waals surface area contributed by atoms with Gasteiger partial charge in [-0.3, -0.25) is 14.6 Å². The minimum atomic E-state index is -0.260. The summed E-state index contributed by atoms with van der Waals surface area (Å²) in [7, 11) is 0. The summed E-state index contributed by atoms with van der Waals surface area (Å²) in [4.78, 5) is 44.3. The minimum absolute atomic E-state index is 0.000673. The Hall–Kier alpha value is -3.16. The van der Waals surface area contributed by atoms with Gasteiger partial charge < -0.3 is 20.1 Å². The molecule has 4 heterocycles. The van der Waals surface area contributed by atoms with Crippen LogP contribution in [0.5, 0.6) is 0 Å². The van der Waals surface area contributed by atoms with Crippen LogP contribution in [0.15, 0.2) is 41.5 Å². The first kappa shape index (κ1) is 20.7. The highest BCUT2D eigenvalue weighted by atomic mass is 16.2. The van der Waals surface area contributed by atoms with Crippen LogP contribution in [0.25, 0.3) is 0 Å². The van der Waals surface area contributed by atoms with Crippen molar-refractivity contribution >= 4 is 17.6 Å². The topological polar surface area (TPSA) is 96.3 Å². The molecule has 2 aromatic heterocycles. The van der Waals surface area contributed by atoms with Crippen molar-refractivity contribution in [1.29, 1.82) is 0 Å². The second kappa shape index (κ2) is 8.76. The van der Waals surface area contributed by atoms with Gasteiger partial charge in [0.1, 0.15) is 0 Å². The van der Waals surface area contributed by atoms with Crippen LogP contribution in [0.2, 0.25) is 0 Å². The van der Waals surface area contributed by atoms with Crippen LogP contribution in [0, 0.1) is 5.92 Å². The van der Waals surface area contributed by atoms with Crippen molar-refractivity contribution in [2.45, 2.75) is 57.0 Å². The number of piperidine rings is 1. The molecule has 2 fully saturated rings. The van der Waals surface area contributed by atoms with Gasteiger partial charge in [-0.2, -0.15) is 0 Å². The Kier molecular flexibility index (Phi) is 5.68. The molecule has 168 valence electrons. The van der Waals surface area contributed by atoms with E-state index in [2.05, 4.69) is 15.6 Å². The van der Waals surface area contributed by atoms with Crippen molar-refractivity contribution in [2.24, 2.45) is 5.92 Å². The number of nitrogens with zero attached hydrogens (tertiary/aromatic N) is 3. The molecule has 2 bridgehead atoms. The predicted octanol–water partition coefficient (Wildman–Crippen LogP) is 2.96. The van der Waals surface area contributed by atoms with Gasteiger partial charge in [-0.05, 0) is 43.4 Å². The normalized spacial score (nSPS) is 22.7. The first-order valence-corrected chi connectivity index (χ1v) is 11.6. The number of anilines is 1. The average Bonchev–Trinajstić information content (AvgIpc) is 2.82. The van der Waals surface area contributed by atoms with Gasteiger partial charge in [0.25, 0.3) is 11.5 Å². The third-order valence-electron chi connectivity index (χ3n) is 6.98. The quantitative estimate of drug-likeness (QED) is 0.775. The van der Waals surface area contributed by atoms with Crippen molar-refractivity contribution in [3.8, 4) is 0 Å². The molecule has 1 saturated heterocycles. The number of urea groups is 1. The van der Waals surface area contributed by atoms with Crippen molar-refractivity contribution in [3.05, 3.63) is 58.3 Å². The zero-order valence-corrected chi connectivity index (χ0v) is 18.1. The molecule has 2 N–H and O–H groups in total. The van der Waals surface area contributed by atoms with Crippen molar-refractivity contribution < 1.29 is 9.59 Å². The summed E-state index contributed by atoms with van der Waals surface area (Å²) >= 11 is 0. The highest BCUT2D eigenvalue weighted by Crippen LogP contribution is 2.38. The highest BCUT2D eigenvalue weighted by molar-refractivity contribution is 6.04. The lowest BCUT2D eigenvalue weighted by Crippen LogP contribution is -2.53. The molecule has 2 atom stereocenters. The molecule has 0 spiro atoms. The smallest absolute Gasteiger partial charge is 0.317 e. The number of hydrogen-bond donors (Lipinski definition) is 2. The summed E-state index contributed by atoms with van der Waals surface area (Å²) in [5, 5.41) is 6.19. The van der Waals surface area contributed by atoms with Crippen LogP contribution in [-0.2, 0) is 6.54 Å². The summed E-state index contributed by atoms with van der Waals surface area (Å²) in [6, 6.07) is 6.88. The molecule has 8 heteroatoms. The van der Waals surface area contributed by atoms with E-state index in [1.54, 1.807) is 29.0 Å². The lowest BCUT2D eigenvalue weighted by molar-refractivity contribution is 0.102. The summed E-state index contributed by atoms with van der Waals surface area (Å²) in [6.45, 7) is 1.77. The fourth-order valence-electron chi connectivity index (χ4n) is 5.49. The zero-order valence-electron chi connectivity index (χ0n) is 18.1. The third kappa shape index (κ3) is 4.13. The van der Waals surface area contributed by atoms with Crippen molar-refractivity contribution in [2.75, 3.05) is 18.4 Å². The second-order valence-electron chi connectivity index (χ2n) is 9.26. The lowest BCUT2D eigenvalue weighted by Gasteiger charge is -2.43. The van der Waals surface area contributed by atoms with Gasteiger partial charge >= 0.3 is 6.03 Å². The second-order valence-corrected chi connectivity index (χ2v) is 9.26. The molecule has 0 unspecified atom stereocenters. The number of nitrogens with one attached hydrogen (secondary N) is 2. The number of fused-ring (bicyclic) bond motifs is 4. The molecule has 1 aliphatic carbocycles. The zero-order chi connectivity index (χ0) is 22.1. The first-order chi connectivity index (χ1) is 15.6. The van der Waals surface area contributed by atoms with Crippen LogP contribution in [0.1, 0.15) is 60.5 Å². The van der Waals surface area contributed by atoms with Crippen molar-refractivity contribution in [1.82, 2.24) is 19.8 Å². The largest absolute Gasteiger partial charge is 0.335 e. The van der Waals surface area contributed by atoms with Gasteiger partial charge in [0.05, 0.1) is 11.3 Å². The first-order valence-electron chi connectivity index (χ1n) is 11.6. The maximum absolute atomic E-state index is 13.0. The number of carbonyl (C=O) groups excluding carboxylic acids is 2. The molecule has 2 aromatic rings. The Labute approximate surface area is 187 Å². The van der Waals surface area contributed by atoms with Crippen molar-refractivity contribution in [3.63, 3.8) is 0 Å². The van der Waals surface area contributed by atoms with E-state index in [0.29, 0.717) is 30.9 Å². The molecule has 8 nitrogen and oxygen atoms in total. The molecule has 5 rings (SSSR count). The van der Waals surface area contributed by atoms with Gasteiger partial charge in [-0.15, -0.1) is 0 Å². The van der Waals surface area contributed by atoms with E-state index in [0.717, 1.165) is 25.0 Å². The summed E-state index contributed by atoms with van der Waals surface area (Å²) < 4.78 is 1.79. The Balaban J connectivity index is 1.37. The summed E-state index contributed by atoms with van der Waals surface area (Å²) in [5.74, 6) is -0.0117. The molecule has 0 radical (unpaired) electrons. The molecule has 3 amide bonds. The lowest BCUT2D eigenvalue weighted by atomic mass is 9.82. The minimum Gasteiger partial charge on any atom is -0.335 e. The molecule has 1 saturated carbocycles. The van der Waals surface area contributed by atoms with E-state index in [1.165, 1.54) is 31.5 Å². The van der Waals surface area contributed by atoms with Crippen LogP contribution < -0.4 is 16.2 Å².